The first-order chi connectivity index (χ1) is 16.1. The minimum Gasteiger partial charge on any atom is -0.379 e. The van der Waals surface area contributed by atoms with Crippen LogP contribution in [0.3, 0.4) is 0 Å². The Hall–Kier alpha value is -2.78. The molecule has 0 saturated heterocycles. The van der Waals surface area contributed by atoms with E-state index < -0.39 is 0 Å². The summed E-state index contributed by atoms with van der Waals surface area (Å²) in [5, 5.41) is 2.11. The van der Waals surface area contributed by atoms with E-state index in [1.807, 2.05) is 36.5 Å². The van der Waals surface area contributed by atoms with E-state index in [1.54, 1.807) is 6.07 Å². The number of benzene rings is 2. The van der Waals surface area contributed by atoms with Crippen LogP contribution in [0.15, 0.2) is 67.4 Å². The van der Waals surface area contributed by atoms with Crippen LogP contribution in [0.4, 0.5) is 4.39 Å². The average Bonchev–Trinajstić information content (AvgIpc) is 2.82. The largest absolute Gasteiger partial charge is 0.379 e. The maximum atomic E-state index is 14.9. The Balaban J connectivity index is 1.55. The highest BCUT2D eigenvalue weighted by Gasteiger charge is 2.08. The number of aromatic nitrogens is 1. The molecule has 0 bridgehead atoms. The smallest absolute Gasteiger partial charge is 0.133 e. The van der Waals surface area contributed by atoms with Crippen molar-refractivity contribution in [3.8, 4) is 11.3 Å². The Morgan fingerprint density at radius 2 is 1.94 bits per heavy atom. The maximum Gasteiger partial charge on any atom is 0.133 e. The molecule has 0 aliphatic heterocycles. The summed E-state index contributed by atoms with van der Waals surface area (Å²) in [4.78, 5) is 4.51. The van der Waals surface area contributed by atoms with Crippen molar-refractivity contribution in [2.75, 3.05) is 6.61 Å². The molecule has 3 aromatic rings. The molecule has 0 amide bonds. The second kappa shape index (κ2) is 13.1. The van der Waals surface area contributed by atoms with Crippen molar-refractivity contribution in [1.29, 1.82) is 0 Å². The second-order valence-electron chi connectivity index (χ2n) is 8.70. The molecule has 2 nitrogen and oxygen atoms in total. The Morgan fingerprint density at radius 1 is 1.06 bits per heavy atom. The minimum atomic E-state index is -0.249. The molecule has 1 unspecified atom stereocenters. The SMILES string of the molecule is C=CCc1ccc2cc(-c3ccc(/C=C/CCCC(C)OCCCCC)cc3F)ncc2c1. The first-order valence-corrected chi connectivity index (χ1v) is 12.2. The van der Waals surface area contributed by atoms with Crippen molar-refractivity contribution >= 4 is 16.8 Å². The Bertz CT molecular complexity index is 1070. The number of halogens is 1. The fourth-order valence-electron chi connectivity index (χ4n) is 3.94. The molecule has 0 N–H and O–H groups in total. The number of allylic oxidation sites excluding steroid dienone is 2. The molecular formula is C30H36FNO. The molecule has 1 heterocycles. The van der Waals surface area contributed by atoms with Gasteiger partial charge in [0, 0.05) is 23.8 Å². The molecule has 0 spiro atoms. The molecular weight excluding hydrogens is 409 g/mol. The summed E-state index contributed by atoms with van der Waals surface area (Å²) in [7, 11) is 0. The molecule has 0 fully saturated rings. The van der Waals surface area contributed by atoms with Crippen molar-refractivity contribution in [2.45, 2.75) is 64.9 Å². The highest BCUT2D eigenvalue weighted by atomic mass is 19.1. The van der Waals surface area contributed by atoms with Gasteiger partial charge in [0.05, 0.1) is 11.8 Å². The molecule has 2 aromatic carbocycles. The van der Waals surface area contributed by atoms with Crippen LogP contribution in [-0.2, 0) is 11.2 Å². The zero-order valence-electron chi connectivity index (χ0n) is 20.0. The Kier molecular flexibility index (Phi) is 9.83. The molecule has 3 rings (SSSR count). The number of pyridine rings is 1. The third-order valence-corrected chi connectivity index (χ3v) is 5.88. The normalized spacial score (nSPS) is 12.5. The van der Waals surface area contributed by atoms with E-state index in [2.05, 4.69) is 49.7 Å². The predicted molar refractivity (Wildman–Crippen MR) is 139 cm³/mol. The van der Waals surface area contributed by atoms with E-state index in [0.29, 0.717) is 17.4 Å². The van der Waals surface area contributed by atoms with Gasteiger partial charge in [0.1, 0.15) is 5.82 Å². The monoisotopic (exact) mass is 445 g/mol. The van der Waals surface area contributed by atoms with Crippen molar-refractivity contribution in [3.63, 3.8) is 0 Å². The Labute approximate surface area is 198 Å². The minimum absolute atomic E-state index is 0.249. The lowest BCUT2D eigenvalue weighted by molar-refractivity contribution is 0.0566. The number of ether oxygens (including phenoxy) is 1. The molecule has 0 radical (unpaired) electrons. The van der Waals surface area contributed by atoms with Crippen molar-refractivity contribution in [1.82, 2.24) is 4.98 Å². The van der Waals surface area contributed by atoms with Crippen LogP contribution >= 0.6 is 0 Å². The summed E-state index contributed by atoms with van der Waals surface area (Å²) < 4.78 is 20.7. The van der Waals surface area contributed by atoms with Crippen LogP contribution in [-0.4, -0.2) is 17.7 Å². The van der Waals surface area contributed by atoms with E-state index in [4.69, 9.17) is 4.74 Å². The Morgan fingerprint density at radius 3 is 2.73 bits per heavy atom. The second-order valence-corrected chi connectivity index (χ2v) is 8.70. The number of hydrogen-bond acceptors (Lipinski definition) is 2. The number of nitrogens with zero attached hydrogens (tertiary/aromatic N) is 1. The lowest BCUT2D eigenvalue weighted by Crippen LogP contribution is -2.08. The van der Waals surface area contributed by atoms with E-state index in [0.717, 1.165) is 55.0 Å². The van der Waals surface area contributed by atoms with Crippen LogP contribution < -0.4 is 0 Å². The predicted octanol–water partition coefficient (Wildman–Crippen LogP) is 8.55. The van der Waals surface area contributed by atoms with Crippen molar-refractivity contribution < 1.29 is 9.13 Å². The number of hydrogen-bond donors (Lipinski definition) is 0. The topological polar surface area (TPSA) is 22.1 Å². The lowest BCUT2D eigenvalue weighted by Gasteiger charge is -2.12. The van der Waals surface area contributed by atoms with E-state index >= 15 is 0 Å². The van der Waals surface area contributed by atoms with Gasteiger partial charge in [0.2, 0.25) is 0 Å². The van der Waals surface area contributed by atoms with Crippen molar-refractivity contribution in [3.05, 3.63) is 84.3 Å². The number of rotatable bonds is 13. The molecule has 1 atom stereocenters. The van der Waals surface area contributed by atoms with Crippen molar-refractivity contribution in [2.24, 2.45) is 0 Å². The third kappa shape index (κ3) is 7.64. The standard InChI is InChI=1S/C30H36FNO/c1-4-6-10-18-33-23(3)12-8-7-9-13-25-15-17-28(29(31)20-25)30-21-26-16-14-24(11-5-2)19-27(26)22-32-30/h5,9,13-17,19-23H,2,4,6-8,10-12,18H2,1,3H3/b13-9+. The fraction of sp³-hybridized carbons (Fsp3) is 0.367. The van der Waals surface area contributed by atoms with E-state index in [9.17, 15) is 4.39 Å². The van der Waals surface area contributed by atoms with E-state index in [1.165, 1.54) is 18.4 Å². The van der Waals surface area contributed by atoms with Gasteiger partial charge in [-0.15, -0.1) is 6.58 Å². The van der Waals surface area contributed by atoms with Crippen LogP contribution in [0.25, 0.3) is 28.1 Å². The lowest BCUT2D eigenvalue weighted by atomic mass is 10.0. The summed E-state index contributed by atoms with van der Waals surface area (Å²) >= 11 is 0. The number of unbranched alkanes of at least 4 members (excludes halogenated alkanes) is 3. The van der Waals surface area contributed by atoms with Crippen LogP contribution in [0, 0.1) is 5.82 Å². The van der Waals surface area contributed by atoms with Gasteiger partial charge in [0.25, 0.3) is 0 Å². The van der Waals surface area contributed by atoms with Gasteiger partial charge in [-0.2, -0.15) is 0 Å². The van der Waals surface area contributed by atoms with Gasteiger partial charge >= 0.3 is 0 Å². The summed E-state index contributed by atoms with van der Waals surface area (Å²) in [5.41, 5.74) is 3.25. The zero-order chi connectivity index (χ0) is 23.5. The first-order valence-electron chi connectivity index (χ1n) is 12.2. The molecule has 174 valence electrons. The quantitative estimate of drug-likeness (QED) is 0.194. The van der Waals surface area contributed by atoms with E-state index in [-0.39, 0.29) is 5.82 Å². The van der Waals surface area contributed by atoms with Gasteiger partial charge < -0.3 is 4.74 Å². The van der Waals surface area contributed by atoms with Gasteiger partial charge in [0.15, 0.2) is 0 Å². The highest BCUT2D eigenvalue weighted by molar-refractivity contribution is 5.86. The van der Waals surface area contributed by atoms with Gasteiger partial charge in [-0.1, -0.05) is 56.2 Å². The summed E-state index contributed by atoms with van der Waals surface area (Å²) in [6.07, 6.45) is 15.6. The number of fused-ring (bicyclic) bond motifs is 1. The molecule has 0 aliphatic rings. The molecule has 3 heteroatoms. The summed E-state index contributed by atoms with van der Waals surface area (Å²) in [6, 6.07) is 13.6. The van der Waals surface area contributed by atoms with Crippen LogP contribution in [0.5, 0.6) is 0 Å². The molecule has 33 heavy (non-hydrogen) atoms. The van der Waals surface area contributed by atoms with Crippen LogP contribution in [0.1, 0.15) is 63.5 Å². The molecule has 0 saturated carbocycles. The summed E-state index contributed by atoms with van der Waals surface area (Å²) in [6.45, 7) is 9.00. The van der Waals surface area contributed by atoms with Crippen LogP contribution in [0.2, 0.25) is 0 Å². The fourth-order valence-corrected chi connectivity index (χ4v) is 3.94. The zero-order valence-corrected chi connectivity index (χ0v) is 20.0. The molecule has 1 aromatic heterocycles. The third-order valence-electron chi connectivity index (χ3n) is 5.88. The summed E-state index contributed by atoms with van der Waals surface area (Å²) in [5.74, 6) is -0.249. The average molecular weight is 446 g/mol. The first kappa shape index (κ1) is 24.9. The van der Waals surface area contributed by atoms with Gasteiger partial charge in [-0.05, 0) is 79.8 Å². The van der Waals surface area contributed by atoms with Gasteiger partial charge in [-0.3, -0.25) is 4.98 Å². The highest BCUT2D eigenvalue weighted by Crippen LogP contribution is 2.26. The van der Waals surface area contributed by atoms with Gasteiger partial charge in [-0.25, -0.2) is 4.39 Å². The maximum absolute atomic E-state index is 14.9. The molecule has 0 aliphatic carbocycles.